The Morgan fingerprint density at radius 2 is 2.00 bits per heavy atom. The maximum atomic E-state index is 11.9. The van der Waals surface area contributed by atoms with E-state index in [2.05, 4.69) is 17.4 Å². The van der Waals surface area contributed by atoms with Crippen molar-refractivity contribution in [3.63, 3.8) is 0 Å². The van der Waals surface area contributed by atoms with Gasteiger partial charge in [-0.25, -0.2) is 0 Å². The molecule has 0 aliphatic carbocycles. The van der Waals surface area contributed by atoms with Gasteiger partial charge < -0.3 is 10.5 Å². The zero-order valence-corrected chi connectivity index (χ0v) is 13.5. The van der Waals surface area contributed by atoms with Crippen LogP contribution in [0, 0.1) is 11.3 Å². The van der Waals surface area contributed by atoms with Gasteiger partial charge in [0.1, 0.15) is 5.04 Å². The van der Waals surface area contributed by atoms with Gasteiger partial charge in [-0.3, -0.25) is 4.79 Å². The highest BCUT2D eigenvalue weighted by atomic mass is 32.2. The molecular weight excluding hydrogens is 268 g/mol. The zero-order valence-electron chi connectivity index (χ0n) is 11.8. The molecule has 6 heteroatoms. The van der Waals surface area contributed by atoms with Crippen molar-refractivity contribution in [2.75, 3.05) is 24.3 Å². The predicted molar refractivity (Wildman–Crippen MR) is 81.7 cm³/mol. The molecule has 0 aliphatic heterocycles. The molecule has 0 aromatic heterocycles. The summed E-state index contributed by atoms with van der Waals surface area (Å²) >= 11 is 3.29. The first-order chi connectivity index (χ1) is 8.38. The van der Waals surface area contributed by atoms with Crippen molar-refractivity contribution in [2.24, 2.45) is 16.5 Å². The van der Waals surface area contributed by atoms with Crippen molar-refractivity contribution >= 4 is 34.5 Å². The maximum Gasteiger partial charge on any atom is 0.230 e. The predicted octanol–water partition coefficient (Wildman–Crippen LogP) is 2.67. The normalized spacial score (nSPS) is 14.4. The molecule has 0 saturated carbocycles. The van der Waals surface area contributed by atoms with Gasteiger partial charge in [-0.1, -0.05) is 32.9 Å². The van der Waals surface area contributed by atoms with Gasteiger partial charge in [0.05, 0.1) is 5.92 Å². The SMILES string of the molecule is CCSCCSC(=NO)C(C(=O)NC)C(C)(C)C. The molecule has 0 bridgehead atoms. The molecule has 0 aliphatic rings. The Hall–Kier alpha value is -0.360. The Balaban J connectivity index is 4.70. The molecule has 0 aromatic rings. The maximum absolute atomic E-state index is 11.9. The summed E-state index contributed by atoms with van der Waals surface area (Å²) in [5, 5.41) is 15.6. The van der Waals surface area contributed by atoms with Crippen LogP contribution in [0.2, 0.25) is 0 Å². The monoisotopic (exact) mass is 292 g/mol. The molecule has 0 rings (SSSR count). The first-order valence-electron chi connectivity index (χ1n) is 6.02. The molecule has 4 nitrogen and oxygen atoms in total. The van der Waals surface area contributed by atoms with Crippen LogP contribution >= 0.6 is 23.5 Å². The Morgan fingerprint density at radius 1 is 1.39 bits per heavy atom. The van der Waals surface area contributed by atoms with Crippen LogP contribution in [0.15, 0.2) is 5.16 Å². The van der Waals surface area contributed by atoms with E-state index < -0.39 is 5.92 Å². The number of oxime groups is 1. The second-order valence-corrected chi connectivity index (χ2v) is 7.41. The number of hydrogen-bond acceptors (Lipinski definition) is 5. The Bertz CT molecular complexity index is 288. The molecule has 0 fully saturated rings. The van der Waals surface area contributed by atoms with Crippen molar-refractivity contribution in [1.82, 2.24) is 5.32 Å². The van der Waals surface area contributed by atoms with Gasteiger partial charge in [-0.15, -0.1) is 11.8 Å². The molecule has 0 radical (unpaired) electrons. The van der Waals surface area contributed by atoms with Crippen LogP contribution in [0.3, 0.4) is 0 Å². The van der Waals surface area contributed by atoms with Crippen LogP contribution in [-0.2, 0) is 4.79 Å². The van der Waals surface area contributed by atoms with E-state index in [1.54, 1.807) is 7.05 Å². The summed E-state index contributed by atoms with van der Waals surface area (Å²) in [7, 11) is 1.60. The summed E-state index contributed by atoms with van der Waals surface area (Å²) < 4.78 is 0. The summed E-state index contributed by atoms with van der Waals surface area (Å²) in [5.74, 6) is 2.39. The van der Waals surface area contributed by atoms with Gasteiger partial charge in [0.15, 0.2) is 0 Å². The van der Waals surface area contributed by atoms with E-state index in [-0.39, 0.29) is 11.3 Å². The van der Waals surface area contributed by atoms with Crippen molar-refractivity contribution < 1.29 is 10.0 Å². The summed E-state index contributed by atoms with van der Waals surface area (Å²) in [4.78, 5) is 11.9. The minimum absolute atomic E-state index is 0.106. The molecule has 1 amide bonds. The quantitative estimate of drug-likeness (QED) is 0.260. The highest BCUT2D eigenvalue weighted by molar-refractivity contribution is 8.14. The second-order valence-electron chi connectivity index (χ2n) is 4.90. The molecular formula is C12H24N2O2S2. The molecule has 106 valence electrons. The van der Waals surface area contributed by atoms with E-state index >= 15 is 0 Å². The standard InChI is InChI=1S/C12H24N2O2S2/c1-6-17-7-8-18-11(14-16)9(10(15)13-5)12(2,3)4/h9,16H,6-8H2,1-5H3,(H,13,15). The smallest absolute Gasteiger partial charge is 0.230 e. The van der Waals surface area contributed by atoms with Crippen LogP contribution in [0.1, 0.15) is 27.7 Å². The van der Waals surface area contributed by atoms with Crippen molar-refractivity contribution in [3.8, 4) is 0 Å². The summed E-state index contributed by atoms with van der Waals surface area (Å²) in [6.07, 6.45) is 0. The first kappa shape index (κ1) is 17.6. The molecule has 18 heavy (non-hydrogen) atoms. The number of carbonyl (C=O) groups excluding carboxylic acids is 1. The van der Waals surface area contributed by atoms with Gasteiger partial charge in [0.2, 0.25) is 5.91 Å². The van der Waals surface area contributed by atoms with Crippen molar-refractivity contribution in [1.29, 1.82) is 0 Å². The number of nitrogens with zero attached hydrogens (tertiary/aromatic N) is 1. The molecule has 0 aromatic carbocycles. The lowest BCUT2D eigenvalue weighted by Gasteiger charge is -2.29. The number of amides is 1. The second kappa shape index (κ2) is 8.69. The van der Waals surface area contributed by atoms with Crippen LogP contribution < -0.4 is 5.32 Å². The van der Waals surface area contributed by atoms with E-state index in [1.165, 1.54) is 11.8 Å². The van der Waals surface area contributed by atoms with Gasteiger partial charge in [-0.2, -0.15) is 11.8 Å². The minimum Gasteiger partial charge on any atom is -0.410 e. The average Bonchev–Trinajstić information content (AvgIpc) is 2.30. The minimum atomic E-state index is -0.413. The van der Waals surface area contributed by atoms with Crippen LogP contribution in [-0.4, -0.2) is 40.5 Å². The Kier molecular flexibility index (Phi) is 8.52. The molecule has 1 unspecified atom stereocenters. The van der Waals surface area contributed by atoms with E-state index in [0.29, 0.717) is 5.04 Å². The fraction of sp³-hybridized carbons (Fsp3) is 0.833. The third-order valence-corrected chi connectivity index (χ3v) is 4.58. The lowest BCUT2D eigenvalue weighted by Crippen LogP contribution is -2.40. The van der Waals surface area contributed by atoms with Gasteiger partial charge in [0.25, 0.3) is 0 Å². The fourth-order valence-corrected chi connectivity index (χ4v) is 3.53. The van der Waals surface area contributed by atoms with Crippen LogP contribution in [0.5, 0.6) is 0 Å². The third-order valence-electron chi connectivity index (χ3n) is 2.40. The highest BCUT2D eigenvalue weighted by Crippen LogP contribution is 2.31. The Labute approximate surface area is 118 Å². The molecule has 2 N–H and O–H groups in total. The zero-order chi connectivity index (χ0) is 14.2. The molecule has 1 atom stereocenters. The summed E-state index contributed by atoms with van der Waals surface area (Å²) in [5.41, 5.74) is -0.271. The van der Waals surface area contributed by atoms with E-state index in [0.717, 1.165) is 17.3 Å². The lowest BCUT2D eigenvalue weighted by molar-refractivity contribution is -0.124. The van der Waals surface area contributed by atoms with Gasteiger partial charge in [0, 0.05) is 18.6 Å². The molecule has 0 heterocycles. The van der Waals surface area contributed by atoms with Gasteiger partial charge in [-0.05, 0) is 11.2 Å². The van der Waals surface area contributed by atoms with Gasteiger partial charge >= 0.3 is 0 Å². The topological polar surface area (TPSA) is 61.7 Å². The number of thioether (sulfide) groups is 2. The van der Waals surface area contributed by atoms with Crippen LogP contribution in [0.4, 0.5) is 0 Å². The first-order valence-corrected chi connectivity index (χ1v) is 8.16. The van der Waals surface area contributed by atoms with Crippen LogP contribution in [0.25, 0.3) is 0 Å². The number of carbonyl (C=O) groups is 1. The highest BCUT2D eigenvalue weighted by Gasteiger charge is 2.35. The molecule has 0 saturated heterocycles. The third kappa shape index (κ3) is 6.00. The van der Waals surface area contributed by atoms with E-state index in [1.807, 2.05) is 32.5 Å². The largest absolute Gasteiger partial charge is 0.410 e. The molecule has 0 spiro atoms. The number of hydrogen-bond donors (Lipinski definition) is 2. The fourth-order valence-electron chi connectivity index (χ4n) is 1.54. The van der Waals surface area contributed by atoms with Crippen molar-refractivity contribution in [3.05, 3.63) is 0 Å². The van der Waals surface area contributed by atoms with Crippen molar-refractivity contribution in [2.45, 2.75) is 27.7 Å². The summed E-state index contributed by atoms with van der Waals surface area (Å²) in [6, 6.07) is 0. The average molecular weight is 292 g/mol. The van der Waals surface area contributed by atoms with E-state index in [9.17, 15) is 4.79 Å². The number of nitrogens with one attached hydrogen (secondary N) is 1. The lowest BCUT2D eigenvalue weighted by atomic mass is 9.81. The summed E-state index contributed by atoms with van der Waals surface area (Å²) in [6.45, 7) is 8.02. The van der Waals surface area contributed by atoms with E-state index in [4.69, 9.17) is 5.21 Å². The Morgan fingerprint density at radius 3 is 2.39 bits per heavy atom. The number of rotatable bonds is 6.